The van der Waals surface area contributed by atoms with Gasteiger partial charge in [-0.15, -0.1) is 0 Å². The average molecular weight is 209 g/mol. The van der Waals surface area contributed by atoms with E-state index in [9.17, 15) is 4.79 Å². The zero-order chi connectivity index (χ0) is 11.2. The van der Waals surface area contributed by atoms with E-state index in [1.54, 1.807) is 12.3 Å². The summed E-state index contributed by atoms with van der Waals surface area (Å²) in [5, 5.41) is 0. The van der Waals surface area contributed by atoms with E-state index in [1.165, 1.54) is 0 Å². The first-order valence-corrected chi connectivity index (χ1v) is 5.03. The Kier molecular flexibility index (Phi) is 3.24. The quantitative estimate of drug-likeness (QED) is 0.563. The van der Waals surface area contributed by atoms with Crippen LogP contribution in [0.2, 0.25) is 0 Å². The van der Waals surface area contributed by atoms with Gasteiger partial charge >= 0.3 is 0 Å². The van der Waals surface area contributed by atoms with E-state index in [4.69, 9.17) is 0 Å². The van der Waals surface area contributed by atoms with E-state index in [0.29, 0.717) is 11.3 Å². The molecule has 0 saturated heterocycles. The summed E-state index contributed by atoms with van der Waals surface area (Å²) < 4.78 is 0. The molecule has 2 nitrogen and oxygen atoms in total. The molecule has 2 aromatic carbocycles. The number of hydrogen-bond donors (Lipinski definition) is 0. The summed E-state index contributed by atoms with van der Waals surface area (Å²) in [5.74, 6) is 0. The maximum Gasteiger partial charge on any atom is 0.152 e. The molecule has 78 valence electrons. The van der Waals surface area contributed by atoms with E-state index in [-0.39, 0.29) is 0 Å². The fourth-order valence-electron chi connectivity index (χ4n) is 1.39. The monoisotopic (exact) mass is 209 g/mol. The fourth-order valence-corrected chi connectivity index (χ4v) is 1.39. The van der Waals surface area contributed by atoms with Gasteiger partial charge in [0.2, 0.25) is 0 Å². The Labute approximate surface area is 94.3 Å². The van der Waals surface area contributed by atoms with E-state index >= 15 is 0 Å². The number of benzene rings is 2. The normalized spacial score (nSPS) is 10.5. The summed E-state index contributed by atoms with van der Waals surface area (Å²) in [6.45, 7) is 0. The van der Waals surface area contributed by atoms with Crippen LogP contribution in [0.25, 0.3) is 0 Å². The highest BCUT2D eigenvalue weighted by atomic mass is 16.1. The van der Waals surface area contributed by atoms with Gasteiger partial charge in [0.05, 0.1) is 5.69 Å². The molecule has 2 rings (SSSR count). The lowest BCUT2D eigenvalue weighted by molar-refractivity contribution is 0.112. The highest BCUT2D eigenvalue weighted by molar-refractivity contribution is 5.87. The zero-order valence-electron chi connectivity index (χ0n) is 8.71. The highest BCUT2D eigenvalue weighted by Gasteiger charge is 1.96. The Morgan fingerprint density at radius 1 is 0.875 bits per heavy atom. The van der Waals surface area contributed by atoms with E-state index in [2.05, 4.69) is 4.99 Å². The molecule has 0 radical (unpaired) electrons. The molecule has 0 amide bonds. The topological polar surface area (TPSA) is 29.4 Å². The van der Waals surface area contributed by atoms with Crippen LogP contribution in [0.3, 0.4) is 0 Å². The van der Waals surface area contributed by atoms with Gasteiger partial charge in [0.15, 0.2) is 6.29 Å². The average Bonchev–Trinajstić information content (AvgIpc) is 2.38. The molecule has 0 atom stereocenters. The van der Waals surface area contributed by atoms with Crippen LogP contribution in [0.1, 0.15) is 15.9 Å². The third-order valence-corrected chi connectivity index (χ3v) is 2.22. The summed E-state index contributed by atoms with van der Waals surface area (Å²) in [6.07, 6.45) is 2.57. The van der Waals surface area contributed by atoms with Gasteiger partial charge in [0.1, 0.15) is 0 Å². The predicted molar refractivity (Wildman–Crippen MR) is 65.5 cm³/mol. The lowest BCUT2D eigenvalue weighted by atomic mass is 10.2. The molecule has 0 heterocycles. The van der Waals surface area contributed by atoms with Crippen LogP contribution in [0.15, 0.2) is 59.6 Å². The van der Waals surface area contributed by atoms with Gasteiger partial charge in [0, 0.05) is 11.8 Å². The molecule has 0 N–H and O–H groups in total. The van der Waals surface area contributed by atoms with Gasteiger partial charge < -0.3 is 0 Å². The standard InChI is InChI=1S/C14H11NO/c16-11-13-8-4-5-9-14(13)15-10-12-6-2-1-3-7-12/h1-11H. The third kappa shape index (κ3) is 2.42. The lowest BCUT2D eigenvalue weighted by Crippen LogP contribution is -1.82. The molecule has 0 aromatic heterocycles. The second-order valence-corrected chi connectivity index (χ2v) is 3.35. The molecule has 0 aliphatic heterocycles. The van der Waals surface area contributed by atoms with Crippen LogP contribution in [0, 0.1) is 0 Å². The molecule has 0 fully saturated rings. The van der Waals surface area contributed by atoms with Crippen LogP contribution in [0.4, 0.5) is 5.69 Å². The molecule has 2 heteroatoms. The van der Waals surface area contributed by atoms with Crippen LogP contribution >= 0.6 is 0 Å². The minimum Gasteiger partial charge on any atom is -0.298 e. The van der Waals surface area contributed by atoms with Crippen molar-refractivity contribution in [1.29, 1.82) is 0 Å². The molecule has 2 aromatic rings. The molecule has 0 bridgehead atoms. The fraction of sp³-hybridized carbons (Fsp3) is 0. The van der Waals surface area contributed by atoms with Gasteiger partial charge in [-0.1, -0.05) is 42.5 Å². The first-order valence-electron chi connectivity index (χ1n) is 5.03. The highest BCUT2D eigenvalue weighted by Crippen LogP contribution is 2.16. The van der Waals surface area contributed by atoms with Gasteiger partial charge in [0.25, 0.3) is 0 Å². The number of aldehydes is 1. The Balaban J connectivity index is 2.27. The second-order valence-electron chi connectivity index (χ2n) is 3.35. The number of carbonyl (C=O) groups is 1. The Morgan fingerprint density at radius 3 is 2.31 bits per heavy atom. The number of carbonyl (C=O) groups excluding carboxylic acids is 1. The summed E-state index contributed by atoms with van der Waals surface area (Å²) in [5.41, 5.74) is 2.32. The Bertz CT molecular complexity index is 503. The summed E-state index contributed by atoms with van der Waals surface area (Å²) in [4.78, 5) is 15.1. The van der Waals surface area contributed by atoms with Crippen LogP contribution in [-0.2, 0) is 0 Å². The summed E-state index contributed by atoms with van der Waals surface area (Å²) in [7, 11) is 0. The lowest BCUT2D eigenvalue weighted by Gasteiger charge is -1.97. The number of hydrogen-bond acceptors (Lipinski definition) is 2. The van der Waals surface area contributed by atoms with Crippen molar-refractivity contribution in [3.63, 3.8) is 0 Å². The second kappa shape index (κ2) is 5.03. The minimum absolute atomic E-state index is 0.606. The molecule has 0 saturated carbocycles. The first-order chi connectivity index (χ1) is 7.90. The smallest absolute Gasteiger partial charge is 0.152 e. The van der Waals surface area contributed by atoms with E-state index < -0.39 is 0 Å². The Morgan fingerprint density at radius 2 is 1.56 bits per heavy atom. The maximum absolute atomic E-state index is 10.8. The Hall–Kier alpha value is -2.22. The van der Waals surface area contributed by atoms with Crippen LogP contribution in [0.5, 0.6) is 0 Å². The first kappa shape index (κ1) is 10.3. The third-order valence-electron chi connectivity index (χ3n) is 2.22. The van der Waals surface area contributed by atoms with Crippen molar-refractivity contribution in [3.8, 4) is 0 Å². The number of rotatable bonds is 3. The number of aliphatic imine (C=N–C) groups is 1. The van der Waals surface area contributed by atoms with Crippen molar-refractivity contribution in [2.45, 2.75) is 0 Å². The SMILES string of the molecule is O=Cc1ccccc1N=Cc1ccccc1. The summed E-state index contributed by atoms with van der Waals surface area (Å²) in [6, 6.07) is 17.1. The van der Waals surface area contributed by atoms with Crippen molar-refractivity contribution in [3.05, 3.63) is 65.7 Å². The van der Waals surface area contributed by atoms with Gasteiger partial charge in [-0.25, -0.2) is 0 Å². The van der Waals surface area contributed by atoms with Crippen LogP contribution < -0.4 is 0 Å². The van der Waals surface area contributed by atoms with Gasteiger partial charge in [-0.3, -0.25) is 9.79 Å². The largest absolute Gasteiger partial charge is 0.298 e. The van der Waals surface area contributed by atoms with E-state index in [1.807, 2.05) is 48.5 Å². The van der Waals surface area contributed by atoms with Crippen molar-refractivity contribution >= 4 is 18.2 Å². The van der Waals surface area contributed by atoms with Crippen molar-refractivity contribution in [2.24, 2.45) is 4.99 Å². The molecule has 0 spiro atoms. The minimum atomic E-state index is 0.606. The predicted octanol–water partition coefficient (Wildman–Crippen LogP) is 3.25. The van der Waals surface area contributed by atoms with Crippen molar-refractivity contribution in [1.82, 2.24) is 0 Å². The summed E-state index contributed by atoms with van der Waals surface area (Å²) >= 11 is 0. The molecule has 0 aliphatic carbocycles. The van der Waals surface area contributed by atoms with Crippen LogP contribution in [-0.4, -0.2) is 12.5 Å². The molecular weight excluding hydrogens is 198 g/mol. The van der Waals surface area contributed by atoms with E-state index in [0.717, 1.165) is 11.8 Å². The zero-order valence-corrected chi connectivity index (χ0v) is 8.71. The molecule has 0 aliphatic rings. The number of nitrogens with zero attached hydrogens (tertiary/aromatic N) is 1. The maximum atomic E-state index is 10.8. The molecule has 16 heavy (non-hydrogen) atoms. The molecular formula is C14H11NO. The number of para-hydroxylation sites is 1. The van der Waals surface area contributed by atoms with Gasteiger partial charge in [-0.2, -0.15) is 0 Å². The van der Waals surface area contributed by atoms with Crippen molar-refractivity contribution < 1.29 is 4.79 Å². The van der Waals surface area contributed by atoms with Crippen molar-refractivity contribution in [2.75, 3.05) is 0 Å². The molecule has 0 unspecified atom stereocenters. The van der Waals surface area contributed by atoms with Gasteiger partial charge in [-0.05, 0) is 17.7 Å².